The van der Waals surface area contributed by atoms with Gasteiger partial charge in [0.15, 0.2) is 0 Å². The molecule has 2 heterocycles. The fourth-order valence-electron chi connectivity index (χ4n) is 2.61. The topological polar surface area (TPSA) is 38.2 Å². The molecule has 2 aromatic rings. The predicted octanol–water partition coefficient (Wildman–Crippen LogP) is 4.19. The van der Waals surface area contributed by atoms with Crippen LogP contribution in [0.5, 0.6) is 5.88 Å². The highest BCUT2D eigenvalue weighted by Gasteiger charge is 2.14. The van der Waals surface area contributed by atoms with Crippen molar-refractivity contribution in [1.82, 2.24) is 14.9 Å². The van der Waals surface area contributed by atoms with Crippen LogP contribution < -0.4 is 4.74 Å². The Bertz CT molecular complexity index is 619. The smallest absolute Gasteiger partial charge is 0.213 e. The van der Waals surface area contributed by atoms with E-state index in [-0.39, 0.29) is 6.10 Å². The van der Waals surface area contributed by atoms with Crippen molar-refractivity contribution in [3.63, 3.8) is 0 Å². The molecule has 2 aromatic heterocycles. The Labute approximate surface area is 155 Å². The molecular weight excluding hydrogens is 330 g/mol. The molecule has 4 nitrogen and oxygen atoms in total. The summed E-state index contributed by atoms with van der Waals surface area (Å²) in [5, 5.41) is 0. The lowest BCUT2D eigenvalue weighted by molar-refractivity contribution is 0.132. The highest BCUT2D eigenvalue weighted by Crippen LogP contribution is 2.16. The number of ether oxygens (including phenoxy) is 1. The average molecular weight is 358 g/mol. The Morgan fingerprint density at radius 2 is 2.16 bits per heavy atom. The fraction of sp³-hybridized carbons (Fsp3) is 0.400. The number of hydrogen-bond acceptors (Lipinski definition) is 5. The molecule has 25 heavy (non-hydrogen) atoms. The monoisotopic (exact) mass is 357 g/mol. The van der Waals surface area contributed by atoms with Crippen LogP contribution in [0.25, 0.3) is 0 Å². The van der Waals surface area contributed by atoms with E-state index in [9.17, 15) is 0 Å². The third-order valence-corrected chi connectivity index (χ3v) is 4.40. The van der Waals surface area contributed by atoms with Crippen LogP contribution in [0.1, 0.15) is 24.0 Å². The molecule has 0 N–H and O–H groups in total. The first kappa shape index (κ1) is 19.5. The highest BCUT2D eigenvalue weighted by molar-refractivity contribution is 7.97. The maximum absolute atomic E-state index is 6.14. The van der Waals surface area contributed by atoms with Gasteiger partial charge in [-0.25, -0.2) is 4.98 Å². The standard InChI is InChI=1S/C20H27N3OS/c1-4-5-8-19(15-23(2)14-17-7-6-11-21-12-17)24-20-10-9-18(13-22-20)16-25-3/h4,6-7,9-13,19H,1,5,8,14-16H2,2-3H3/t19-/m0/s1. The molecule has 0 aliphatic heterocycles. The van der Waals surface area contributed by atoms with E-state index in [1.165, 1.54) is 11.1 Å². The molecule has 2 rings (SSSR count). The van der Waals surface area contributed by atoms with Crippen molar-refractivity contribution >= 4 is 11.8 Å². The van der Waals surface area contributed by atoms with Crippen LogP contribution in [0.3, 0.4) is 0 Å². The van der Waals surface area contributed by atoms with Crippen LogP contribution in [-0.2, 0) is 12.3 Å². The lowest BCUT2D eigenvalue weighted by atomic mass is 10.1. The van der Waals surface area contributed by atoms with Crippen LogP contribution in [0.2, 0.25) is 0 Å². The summed E-state index contributed by atoms with van der Waals surface area (Å²) in [7, 11) is 2.10. The SMILES string of the molecule is C=CCC[C@@H](CN(C)Cc1cccnc1)Oc1ccc(CSC)cn1. The van der Waals surface area contributed by atoms with Crippen LogP contribution in [0.4, 0.5) is 0 Å². The number of nitrogens with zero attached hydrogens (tertiary/aromatic N) is 3. The van der Waals surface area contributed by atoms with Gasteiger partial charge in [-0.15, -0.1) is 6.58 Å². The largest absolute Gasteiger partial charge is 0.473 e. The van der Waals surface area contributed by atoms with Crippen molar-refractivity contribution < 1.29 is 4.74 Å². The van der Waals surface area contributed by atoms with Gasteiger partial charge in [-0.2, -0.15) is 11.8 Å². The van der Waals surface area contributed by atoms with E-state index in [0.717, 1.165) is 31.7 Å². The van der Waals surface area contributed by atoms with Gasteiger partial charge in [0.25, 0.3) is 0 Å². The highest BCUT2D eigenvalue weighted by atomic mass is 32.2. The minimum absolute atomic E-state index is 0.0820. The molecule has 0 saturated carbocycles. The van der Waals surface area contributed by atoms with Gasteiger partial charge in [-0.05, 0) is 43.3 Å². The maximum atomic E-state index is 6.14. The summed E-state index contributed by atoms with van der Waals surface area (Å²) in [6.07, 6.45) is 11.6. The second-order valence-corrected chi connectivity index (χ2v) is 6.97. The summed E-state index contributed by atoms with van der Waals surface area (Å²) in [4.78, 5) is 10.9. The van der Waals surface area contributed by atoms with E-state index >= 15 is 0 Å². The number of likely N-dealkylation sites (N-methyl/N-ethyl adjacent to an activating group) is 1. The second kappa shape index (κ2) is 10.9. The summed E-state index contributed by atoms with van der Waals surface area (Å²) < 4.78 is 6.14. The molecule has 0 aromatic carbocycles. The van der Waals surface area contributed by atoms with Gasteiger partial charge in [0, 0.05) is 43.5 Å². The third kappa shape index (κ3) is 7.28. The van der Waals surface area contributed by atoms with Gasteiger partial charge in [0.05, 0.1) is 0 Å². The normalized spacial score (nSPS) is 12.1. The molecule has 5 heteroatoms. The third-order valence-electron chi connectivity index (χ3n) is 3.78. The summed E-state index contributed by atoms with van der Waals surface area (Å²) in [6, 6.07) is 8.11. The molecule has 0 saturated heterocycles. The van der Waals surface area contributed by atoms with Crippen molar-refractivity contribution in [1.29, 1.82) is 0 Å². The molecule has 0 spiro atoms. The van der Waals surface area contributed by atoms with Crippen molar-refractivity contribution in [2.45, 2.75) is 31.2 Å². The van der Waals surface area contributed by atoms with Crippen molar-refractivity contribution in [2.24, 2.45) is 0 Å². The molecule has 0 aliphatic carbocycles. The average Bonchev–Trinajstić information content (AvgIpc) is 2.62. The Morgan fingerprint density at radius 3 is 2.80 bits per heavy atom. The van der Waals surface area contributed by atoms with E-state index in [1.54, 1.807) is 18.0 Å². The molecule has 0 radical (unpaired) electrons. The van der Waals surface area contributed by atoms with Gasteiger partial charge >= 0.3 is 0 Å². The Morgan fingerprint density at radius 1 is 1.28 bits per heavy atom. The van der Waals surface area contributed by atoms with Crippen LogP contribution in [0.15, 0.2) is 55.5 Å². The van der Waals surface area contributed by atoms with Gasteiger partial charge in [0.1, 0.15) is 6.10 Å². The zero-order chi connectivity index (χ0) is 17.9. The lowest BCUT2D eigenvalue weighted by Gasteiger charge is -2.24. The Balaban J connectivity index is 1.93. The van der Waals surface area contributed by atoms with Gasteiger partial charge < -0.3 is 4.74 Å². The zero-order valence-electron chi connectivity index (χ0n) is 15.1. The second-order valence-electron chi connectivity index (χ2n) is 6.10. The first-order valence-corrected chi connectivity index (χ1v) is 9.89. The van der Waals surface area contributed by atoms with E-state index in [0.29, 0.717) is 5.88 Å². The number of pyridine rings is 2. The van der Waals surface area contributed by atoms with E-state index in [2.05, 4.69) is 46.9 Å². The number of allylic oxidation sites excluding steroid dienone is 1. The minimum Gasteiger partial charge on any atom is -0.473 e. The van der Waals surface area contributed by atoms with Crippen molar-refractivity contribution in [3.05, 3.63) is 66.6 Å². The molecule has 1 atom stereocenters. The summed E-state index contributed by atoms with van der Waals surface area (Å²) in [6.45, 7) is 5.50. The van der Waals surface area contributed by atoms with Crippen molar-refractivity contribution in [3.8, 4) is 5.88 Å². The van der Waals surface area contributed by atoms with Gasteiger partial charge in [-0.1, -0.05) is 18.2 Å². The zero-order valence-corrected chi connectivity index (χ0v) is 15.9. The summed E-state index contributed by atoms with van der Waals surface area (Å²) in [5.74, 6) is 1.66. The molecule has 0 unspecified atom stereocenters. The molecule has 0 fully saturated rings. The maximum Gasteiger partial charge on any atom is 0.213 e. The molecule has 0 bridgehead atoms. The van der Waals surface area contributed by atoms with E-state index < -0.39 is 0 Å². The summed E-state index contributed by atoms with van der Waals surface area (Å²) >= 11 is 1.79. The molecule has 0 amide bonds. The number of aromatic nitrogens is 2. The first-order valence-electron chi connectivity index (χ1n) is 8.50. The quantitative estimate of drug-likeness (QED) is 0.564. The van der Waals surface area contributed by atoms with Gasteiger partial charge in [0.2, 0.25) is 5.88 Å². The number of hydrogen-bond donors (Lipinski definition) is 0. The Kier molecular flexibility index (Phi) is 8.49. The van der Waals surface area contributed by atoms with Crippen molar-refractivity contribution in [2.75, 3.05) is 19.8 Å². The predicted molar refractivity (Wildman–Crippen MR) is 106 cm³/mol. The Hall–Kier alpha value is -1.85. The van der Waals surface area contributed by atoms with Crippen LogP contribution in [0, 0.1) is 0 Å². The molecule has 134 valence electrons. The number of rotatable bonds is 11. The lowest BCUT2D eigenvalue weighted by Crippen LogP contribution is -2.33. The first-order chi connectivity index (χ1) is 12.2. The molecule has 0 aliphatic rings. The minimum atomic E-state index is 0.0820. The van der Waals surface area contributed by atoms with E-state index in [4.69, 9.17) is 4.74 Å². The van der Waals surface area contributed by atoms with Crippen LogP contribution in [-0.4, -0.2) is 40.8 Å². The van der Waals surface area contributed by atoms with E-state index in [1.807, 2.05) is 30.6 Å². The van der Waals surface area contributed by atoms with Crippen LogP contribution >= 0.6 is 11.8 Å². The number of thioether (sulfide) groups is 1. The fourth-order valence-corrected chi connectivity index (χ4v) is 3.11. The molecular formula is C20H27N3OS. The van der Waals surface area contributed by atoms with Gasteiger partial charge in [-0.3, -0.25) is 9.88 Å². The summed E-state index contributed by atoms with van der Waals surface area (Å²) in [5.41, 5.74) is 2.42.